The highest BCUT2D eigenvalue weighted by molar-refractivity contribution is 5.72. The molecule has 0 saturated carbocycles. The van der Waals surface area contributed by atoms with Crippen molar-refractivity contribution in [2.75, 3.05) is 7.11 Å². The Hall–Kier alpha value is -2.30. The molecule has 0 aliphatic rings. The zero-order valence-electron chi connectivity index (χ0n) is 9.92. The minimum Gasteiger partial charge on any atom is -0.496 e. The van der Waals surface area contributed by atoms with Crippen LogP contribution in [-0.2, 0) is 11.2 Å². The Morgan fingerprint density at radius 1 is 1.39 bits per heavy atom. The number of benzene rings is 1. The van der Waals surface area contributed by atoms with Gasteiger partial charge in [-0.2, -0.15) is 0 Å². The molecule has 1 heterocycles. The van der Waals surface area contributed by atoms with Gasteiger partial charge in [0, 0.05) is 17.5 Å². The van der Waals surface area contributed by atoms with Gasteiger partial charge in [0.25, 0.3) is 0 Å². The lowest BCUT2D eigenvalue weighted by atomic mass is 10.0. The first-order chi connectivity index (χ1) is 8.72. The second-order valence-electron chi connectivity index (χ2n) is 3.77. The largest absolute Gasteiger partial charge is 0.496 e. The van der Waals surface area contributed by atoms with Crippen LogP contribution in [0.1, 0.15) is 12.1 Å². The van der Waals surface area contributed by atoms with Gasteiger partial charge in [0.15, 0.2) is 0 Å². The number of aromatic nitrogens is 1. The number of carbonyl (C=O) groups is 1. The zero-order chi connectivity index (χ0) is 13.0. The van der Waals surface area contributed by atoms with Crippen molar-refractivity contribution in [1.29, 1.82) is 0 Å². The molecule has 1 aromatic heterocycles. The van der Waals surface area contributed by atoms with Crippen molar-refractivity contribution in [2.24, 2.45) is 0 Å². The highest BCUT2D eigenvalue weighted by Gasteiger charge is 2.14. The molecule has 94 valence electrons. The number of carboxylic acid groups (broad SMARTS) is 1. The van der Waals surface area contributed by atoms with Gasteiger partial charge in [-0.25, -0.2) is 0 Å². The van der Waals surface area contributed by atoms with Crippen LogP contribution in [0.5, 0.6) is 5.75 Å². The third-order valence-corrected chi connectivity index (χ3v) is 2.62. The van der Waals surface area contributed by atoms with Crippen molar-refractivity contribution in [2.45, 2.75) is 12.8 Å². The fourth-order valence-corrected chi connectivity index (χ4v) is 1.75. The number of rotatable bonds is 5. The highest BCUT2D eigenvalue weighted by atomic mass is 16.5. The summed E-state index contributed by atoms with van der Waals surface area (Å²) < 4.78 is 10.2. The first-order valence-corrected chi connectivity index (χ1v) is 5.51. The highest BCUT2D eigenvalue weighted by Crippen LogP contribution is 2.32. The van der Waals surface area contributed by atoms with Gasteiger partial charge in [-0.15, -0.1) is 0 Å². The summed E-state index contributed by atoms with van der Waals surface area (Å²) in [5, 5.41) is 12.5. The van der Waals surface area contributed by atoms with Crippen LogP contribution >= 0.6 is 0 Å². The summed E-state index contributed by atoms with van der Waals surface area (Å²) in [5.74, 6) is -0.152. The van der Waals surface area contributed by atoms with Gasteiger partial charge in [0.2, 0.25) is 0 Å². The fourth-order valence-electron chi connectivity index (χ4n) is 1.75. The van der Waals surface area contributed by atoms with Crippen LogP contribution in [0.25, 0.3) is 11.1 Å². The van der Waals surface area contributed by atoms with E-state index < -0.39 is 5.97 Å². The predicted molar refractivity (Wildman–Crippen MR) is 64.4 cm³/mol. The topological polar surface area (TPSA) is 72.6 Å². The molecule has 0 aliphatic carbocycles. The first-order valence-electron chi connectivity index (χ1n) is 5.51. The molecule has 5 heteroatoms. The van der Waals surface area contributed by atoms with Gasteiger partial charge in [0.1, 0.15) is 12.0 Å². The Balaban J connectivity index is 2.33. The molecule has 0 saturated heterocycles. The number of ether oxygens (including phenoxy) is 1. The molecule has 0 bridgehead atoms. The maximum Gasteiger partial charge on any atom is 0.303 e. The van der Waals surface area contributed by atoms with E-state index in [0.717, 1.165) is 11.1 Å². The van der Waals surface area contributed by atoms with Crippen molar-refractivity contribution in [3.8, 4) is 16.9 Å². The summed E-state index contributed by atoms with van der Waals surface area (Å²) in [6.45, 7) is 0. The molecule has 2 rings (SSSR count). The molecule has 5 nitrogen and oxygen atoms in total. The summed E-state index contributed by atoms with van der Waals surface area (Å²) in [5.41, 5.74) is 2.25. The van der Waals surface area contributed by atoms with Crippen LogP contribution in [0.3, 0.4) is 0 Å². The van der Waals surface area contributed by atoms with Crippen LogP contribution in [0.2, 0.25) is 0 Å². The number of hydrogen-bond donors (Lipinski definition) is 1. The normalized spacial score (nSPS) is 10.3. The second kappa shape index (κ2) is 5.35. The Labute approximate surface area is 104 Å². The summed E-state index contributed by atoms with van der Waals surface area (Å²) in [6.07, 6.45) is 1.86. The average molecular weight is 247 g/mol. The van der Waals surface area contributed by atoms with Crippen LogP contribution in [0.4, 0.5) is 0 Å². The molecule has 1 N–H and O–H groups in total. The van der Waals surface area contributed by atoms with Crippen LogP contribution in [0.15, 0.2) is 35.1 Å². The number of methoxy groups -OCH3 is 1. The van der Waals surface area contributed by atoms with Gasteiger partial charge in [-0.3, -0.25) is 4.79 Å². The average Bonchev–Trinajstić information content (AvgIpc) is 2.84. The SMILES string of the molecule is COc1ccccc1-c1conc1CCC(=O)O. The van der Waals surface area contributed by atoms with Crippen molar-refractivity contribution < 1.29 is 19.2 Å². The third-order valence-electron chi connectivity index (χ3n) is 2.62. The molecule has 0 radical (unpaired) electrons. The van der Waals surface area contributed by atoms with E-state index in [0.29, 0.717) is 17.9 Å². The van der Waals surface area contributed by atoms with E-state index in [1.54, 1.807) is 7.11 Å². The number of carboxylic acids is 1. The van der Waals surface area contributed by atoms with E-state index in [9.17, 15) is 4.79 Å². The molecule has 2 aromatic rings. The van der Waals surface area contributed by atoms with E-state index in [4.69, 9.17) is 14.4 Å². The predicted octanol–water partition coefficient (Wildman–Crippen LogP) is 2.37. The number of hydrogen-bond acceptors (Lipinski definition) is 4. The van der Waals surface area contributed by atoms with Crippen molar-refractivity contribution in [3.05, 3.63) is 36.2 Å². The molecular weight excluding hydrogens is 234 g/mol. The van der Waals surface area contributed by atoms with Gasteiger partial charge in [0.05, 0.1) is 19.2 Å². The van der Waals surface area contributed by atoms with Crippen molar-refractivity contribution in [3.63, 3.8) is 0 Å². The number of para-hydroxylation sites is 1. The van der Waals surface area contributed by atoms with E-state index in [1.165, 1.54) is 6.26 Å². The lowest BCUT2D eigenvalue weighted by molar-refractivity contribution is -0.136. The van der Waals surface area contributed by atoms with Gasteiger partial charge < -0.3 is 14.4 Å². The Morgan fingerprint density at radius 3 is 2.89 bits per heavy atom. The molecule has 1 aromatic carbocycles. The molecular formula is C13H13NO4. The quantitative estimate of drug-likeness (QED) is 0.878. The summed E-state index contributed by atoms with van der Waals surface area (Å²) in [7, 11) is 1.59. The van der Waals surface area contributed by atoms with Gasteiger partial charge >= 0.3 is 5.97 Å². The fraction of sp³-hybridized carbons (Fsp3) is 0.231. The summed E-state index contributed by atoms with van der Waals surface area (Å²) in [4.78, 5) is 10.6. The molecule has 0 fully saturated rings. The van der Waals surface area contributed by atoms with Crippen molar-refractivity contribution in [1.82, 2.24) is 5.16 Å². The maximum atomic E-state index is 10.6. The third kappa shape index (κ3) is 2.51. The Kier molecular flexibility index (Phi) is 3.62. The molecule has 0 spiro atoms. The zero-order valence-corrected chi connectivity index (χ0v) is 9.92. The lowest BCUT2D eigenvalue weighted by Crippen LogP contribution is -1.99. The summed E-state index contributed by atoms with van der Waals surface area (Å²) >= 11 is 0. The Morgan fingerprint density at radius 2 is 2.17 bits per heavy atom. The first kappa shape index (κ1) is 12.2. The molecule has 0 atom stereocenters. The van der Waals surface area contributed by atoms with E-state index in [-0.39, 0.29) is 6.42 Å². The summed E-state index contributed by atoms with van der Waals surface area (Å²) in [6, 6.07) is 7.47. The maximum absolute atomic E-state index is 10.6. The number of nitrogens with zero attached hydrogens (tertiary/aromatic N) is 1. The van der Waals surface area contributed by atoms with Gasteiger partial charge in [-0.1, -0.05) is 23.4 Å². The minimum atomic E-state index is -0.857. The van der Waals surface area contributed by atoms with E-state index in [1.807, 2.05) is 24.3 Å². The van der Waals surface area contributed by atoms with Gasteiger partial charge in [-0.05, 0) is 6.07 Å². The number of aliphatic carboxylic acids is 1. The lowest BCUT2D eigenvalue weighted by Gasteiger charge is -2.06. The monoisotopic (exact) mass is 247 g/mol. The Bertz CT molecular complexity index is 547. The minimum absolute atomic E-state index is 0.0225. The number of aryl methyl sites for hydroxylation is 1. The molecule has 0 aliphatic heterocycles. The van der Waals surface area contributed by atoms with E-state index in [2.05, 4.69) is 5.16 Å². The van der Waals surface area contributed by atoms with E-state index >= 15 is 0 Å². The molecule has 0 amide bonds. The molecule has 18 heavy (non-hydrogen) atoms. The van der Waals surface area contributed by atoms with Crippen LogP contribution < -0.4 is 4.74 Å². The van der Waals surface area contributed by atoms with Crippen LogP contribution in [0, 0.1) is 0 Å². The second-order valence-corrected chi connectivity index (χ2v) is 3.77. The van der Waals surface area contributed by atoms with Crippen molar-refractivity contribution >= 4 is 5.97 Å². The smallest absolute Gasteiger partial charge is 0.303 e. The van der Waals surface area contributed by atoms with Crippen LogP contribution in [-0.4, -0.2) is 23.3 Å². The standard InChI is InChI=1S/C13H13NO4/c1-17-12-5-3-2-4-9(12)10-8-18-14-11(10)6-7-13(15)16/h2-5,8H,6-7H2,1H3,(H,15,16). The molecule has 0 unspecified atom stereocenters.